The lowest BCUT2D eigenvalue weighted by Gasteiger charge is -2.33. The van der Waals surface area contributed by atoms with Gasteiger partial charge in [-0.05, 0) is 58.7 Å². The molecule has 0 spiro atoms. The van der Waals surface area contributed by atoms with Crippen LogP contribution in [0.2, 0.25) is 0 Å². The van der Waals surface area contributed by atoms with Crippen molar-refractivity contribution in [3.05, 3.63) is 40.4 Å². The Labute approximate surface area is 179 Å². The van der Waals surface area contributed by atoms with Crippen molar-refractivity contribution in [1.82, 2.24) is 15.2 Å². The molecule has 4 nitrogen and oxygen atoms in total. The number of carbonyl (C=O) groups is 1. The molecule has 1 aliphatic rings. The first kappa shape index (κ1) is 22.7. The van der Waals surface area contributed by atoms with E-state index in [0.717, 1.165) is 43.3 Å². The second kappa shape index (κ2) is 9.92. The molecule has 1 aromatic carbocycles. The van der Waals surface area contributed by atoms with Crippen LogP contribution in [0.3, 0.4) is 0 Å². The Morgan fingerprint density at radius 2 is 2.03 bits per heavy atom. The van der Waals surface area contributed by atoms with Crippen LogP contribution >= 0.6 is 11.3 Å². The zero-order valence-corrected chi connectivity index (χ0v) is 18.2. The largest absolute Gasteiger partial charge is 0.417 e. The van der Waals surface area contributed by atoms with Gasteiger partial charge in [0, 0.05) is 18.2 Å². The topological polar surface area (TPSA) is 45.2 Å². The minimum Gasteiger partial charge on any atom is -0.351 e. The van der Waals surface area contributed by atoms with E-state index in [0.29, 0.717) is 23.2 Å². The van der Waals surface area contributed by atoms with Crippen LogP contribution in [0.25, 0.3) is 10.6 Å². The lowest BCUT2D eigenvalue weighted by atomic mass is 10.0. The number of aromatic nitrogens is 1. The van der Waals surface area contributed by atoms with Crippen LogP contribution in [-0.2, 0) is 6.18 Å². The van der Waals surface area contributed by atoms with Crippen LogP contribution in [0.4, 0.5) is 13.2 Å². The van der Waals surface area contributed by atoms with Crippen molar-refractivity contribution in [2.75, 3.05) is 19.6 Å². The average Bonchev–Trinajstić information content (AvgIpc) is 3.10. The van der Waals surface area contributed by atoms with Crippen molar-refractivity contribution >= 4 is 17.2 Å². The average molecular weight is 440 g/mol. The van der Waals surface area contributed by atoms with Crippen LogP contribution < -0.4 is 5.32 Å². The number of hydrogen-bond donors (Lipinski definition) is 1. The van der Waals surface area contributed by atoms with Crippen molar-refractivity contribution < 1.29 is 18.0 Å². The molecule has 2 aromatic rings. The van der Waals surface area contributed by atoms with Crippen molar-refractivity contribution in [3.8, 4) is 10.6 Å². The van der Waals surface area contributed by atoms with E-state index in [9.17, 15) is 18.0 Å². The molecule has 0 aliphatic carbocycles. The maximum Gasteiger partial charge on any atom is 0.417 e. The number of halogens is 3. The summed E-state index contributed by atoms with van der Waals surface area (Å²) in [5.74, 6) is -0.271. The van der Waals surface area contributed by atoms with E-state index < -0.39 is 11.7 Å². The minimum atomic E-state index is -4.47. The van der Waals surface area contributed by atoms with Crippen LogP contribution in [0, 0.1) is 6.92 Å². The molecule has 164 valence electrons. The van der Waals surface area contributed by atoms with Gasteiger partial charge in [0.1, 0.15) is 9.88 Å². The summed E-state index contributed by atoms with van der Waals surface area (Å²) in [6.45, 7) is 6.66. The third-order valence-electron chi connectivity index (χ3n) is 5.56. The molecular formula is C22H28F3N3OS. The number of hydrogen-bond acceptors (Lipinski definition) is 4. The monoisotopic (exact) mass is 439 g/mol. The SMILES string of the molecule is Cc1nc(-c2ccccc2C(F)(F)F)sc1C(=O)NCCCCN1CCCCC1C. The number of nitrogens with zero attached hydrogens (tertiary/aromatic N) is 2. The molecular weight excluding hydrogens is 411 g/mol. The summed E-state index contributed by atoms with van der Waals surface area (Å²) in [4.78, 5) is 19.6. The molecule has 1 saturated heterocycles. The number of rotatable bonds is 7. The molecule has 3 rings (SSSR count). The van der Waals surface area contributed by atoms with Gasteiger partial charge in [-0.25, -0.2) is 4.98 Å². The highest BCUT2D eigenvalue weighted by Gasteiger charge is 2.34. The Morgan fingerprint density at radius 3 is 2.77 bits per heavy atom. The van der Waals surface area contributed by atoms with Crippen LogP contribution in [0.5, 0.6) is 0 Å². The molecule has 2 heterocycles. The summed E-state index contributed by atoms with van der Waals surface area (Å²) < 4.78 is 39.9. The fourth-order valence-electron chi connectivity index (χ4n) is 3.85. The number of thiazole rings is 1. The normalized spacial score (nSPS) is 17.8. The predicted molar refractivity (Wildman–Crippen MR) is 114 cm³/mol. The van der Waals surface area contributed by atoms with Gasteiger partial charge in [-0.2, -0.15) is 13.2 Å². The number of unbranched alkanes of at least 4 members (excludes halogenated alkanes) is 1. The van der Waals surface area contributed by atoms with Crippen molar-refractivity contribution in [2.45, 2.75) is 58.2 Å². The second-order valence-corrected chi connectivity index (χ2v) is 8.82. The lowest BCUT2D eigenvalue weighted by molar-refractivity contribution is -0.137. The standard InChI is InChI=1S/C22H28F3N3OS/c1-15-9-5-7-13-28(15)14-8-6-12-26-20(29)19-16(2)27-21(30-19)17-10-3-4-11-18(17)22(23,24)25/h3-4,10-11,15H,5-9,12-14H2,1-2H3,(H,26,29). The molecule has 1 aromatic heterocycles. The number of amides is 1. The number of nitrogens with one attached hydrogen (secondary N) is 1. The Bertz CT molecular complexity index is 866. The van der Waals surface area contributed by atoms with E-state index >= 15 is 0 Å². The van der Waals surface area contributed by atoms with E-state index in [-0.39, 0.29) is 16.5 Å². The Balaban J connectivity index is 1.56. The first-order valence-electron chi connectivity index (χ1n) is 10.4. The van der Waals surface area contributed by atoms with E-state index in [1.54, 1.807) is 13.0 Å². The summed E-state index contributed by atoms with van der Waals surface area (Å²) in [5.41, 5.74) is -0.280. The quantitative estimate of drug-likeness (QED) is 0.578. The predicted octanol–water partition coefficient (Wildman–Crippen LogP) is 5.52. The number of piperidine rings is 1. The molecule has 1 atom stereocenters. The Morgan fingerprint density at radius 1 is 1.27 bits per heavy atom. The Kier molecular flexibility index (Phi) is 7.52. The third-order valence-corrected chi connectivity index (χ3v) is 6.75. The second-order valence-electron chi connectivity index (χ2n) is 7.82. The highest BCUT2D eigenvalue weighted by molar-refractivity contribution is 7.17. The summed E-state index contributed by atoms with van der Waals surface area (Å²) in [6.07, 6.45) is 1.22. The Hall–Kier alpha value is -1.93. The summed E-state index contributed by atoms with van der Waals surface area (Å²) in [6, 6.07) is 5.96. The molecule has 0 bridgehead atoms. The van der Waals surface area contributed by atoms with Crippen LogP contribution in [0.1, 0.15) is 60.0 Å². The van der Waals surface area contributed by atoms with E-state index in [2.05, 4.69) is 22.1 Å². The van der Waals surface area contributed by atoms with Gasteiger partial charge in [-0.3, -0.25) is 4.79 Å². The number of carbonyl (C=O) groups excluding carboxylic acids is 1. The van der Waals surface area contributed by atoms with Crippen molar-refractivity contribution in [3.63, 3.8) is 0 Å². The number of aryl methyl sites for hydroxylation is 1. The number of alkyl halides is 3. The maximum absolute atomic E-state index is 13.3. The van der Waals surface area contributed by atoms with Gasteiger partial charge in [0.05, 0.1) is 11.3 Å². The van der Waals surface area contributed by atoms with Crippen molar-refractivity contribution in [2.24, 2.45) is 0 Å². The molecule has 1 fully saturated rings. The van der Waals surface area contributed by atoms with Gasteiger partial charge >= 0.3 is 6.18 Å². The van der Waals surface area contributed by atoms with Gasteiger partial charge in [0.15, 0.2) is 0 Å². The van der Waals surface area contributed by atoms with Crippen molar-refractivity contribution in [1.29, 1.82) is 0 Å². The summed E-state index contributed by atoms with van der Waals surface area (Å²) in [7, 11) is 0. The maximum atomic E-state index is 13.3. The van der Waals surface area contributed by atoms with Gasteiger partial charge < -0.3 is 10.2 Å². The fourth-order valence-corrected chi connectivity index (χ4v) is 4.87. The van der Waals surface area contributed by atoms with Gasteiger partial charge in [-0.1, -0.05) is 24.6 Å². The number of likely N-dealkylation sites (tertiary alicyclic amines) is 1. The van der Waals surface area contributed by atoms with E-state index in [4.69, 9.17) is 0 Å². The van der Waals surface area contributed by atoms with Crippen LogP contribution in [-0.4, -0.2) is 41.5 Å². The molecule has 1 amide bonds. The van der Waals surface area contributed by atoms with E-state index in [1.807, 2.05) is 0 Å². The first-order chi connectivity index (χ1) is 14.3. The third kappa shape index (κ3) is 5.60. The number of benzene rings is 1. The zero-order chi connectivity index (χ0) is 21.7. The first-order valence-corrected chi connectivity index (χ1v) is 11.3. The molecule has 1 unspecified atom stereocenters. The molecule has 0 radical (unpaired) electrons. The summed E-state index contributed by atoms with van der Waals surface area (Å²) >= 11 is 1.01. The highest BCUT2D eigenvalue weighted by Crippen LogP contribution is 2.38. The zero-order valence-electron chi connectivity index (χ0n) is 17.4. The molecule has 8 heteroatoms. The molecule has 0 saturated carbocycles. The minimum absolute atomic E-state index is 0.00722. The van der Waals surface area contributed by atoms with E-state index in [1.165, 1.54) is 31.4 Å². The molecule has 1 N–H and O–H groups in total. The van der Waals surface area contributed by atoms with Gasteiger partial charge in [0.25, 0.3) is 5.91 Å². The lowest BCUT2D eigenvalue weighted by Crippen LogP contribution is -2.38. The smallest absolute Gasteiger partial charge is 0.351 e. The molecule has 1 aliphatic heterocycles. The van der Waals surface area contributed by atoms with Gasteiger partial charge in [-0.15, -0.1) is 11.3 Å². The van der Waals surface area contributed by atoms with Gasteiger partial charge in [0.2, 0.25) is 0 Å². The van der Waals surface area contributed by atoms with Crippen LogP contribution in [0.15, 0.2) is 24.3 Å². The fraction of sp³-hybridized carbons (Fsp3) is 0.545. The molecule has 30 heavy (non-hydrogen) atoms. The summed E-state index contributed by atoms with van der Waals surface area (Å²) in [5, 5.41) is 3.10. The highest BCUT2D eigenvalue weighted by atomic mass is 32.1.